The Morgan fingerprint density at radius 3 is 2.42 bits per heavy atom. The average Bonchev–Trinajstić information content (AvgIpc) is 2.38. The highest BCUT2D eigenvalue weighted by atomic mass is 16.5. The summed E-state index contributed by atoms with van der Waals surface area (Å²) < 4.78 is 5.07. The molecule has 1 rings (SSSR count). The lowest BCUT2D eigenvalue weighted by Gasteiger charge is -2.21. The second kappa shape index (κ2) is 7.95. The van der Waals surface area contributed by atoms with Crippen molar-refractivity contribution in [1.29, 1.82) is 0 Å². The molecule has 1 N–H and O–H groups in total. The lowest BCUT2D eigenvalue weighted by atomic mass is 9.91. The molecule has 0 spiro atoms. The van der Waals surface area contributed by atoms with E-state index in [0.29, 0.717) is 19.4 Å². The second-order valence-corrected chi connectivity index (χ2v) is 4.90. The second-order valence-electron chi connectivity index (χ2n) is 4.90. The van der Waals surface area contributed by atoms with Gasteiger partial charge in [-0.3, -0.25) is 4.79 Å². The van der Waals surface area contributed by atoms with Gasteiger partial charge in [0.25, 0.3) is 0 Å². The molecular formula is C16H24O3. The van der Waals surface area contributed by atoms with E-state index in [1.807, 2.05) is 38.1 Å². The van der Waals surface area contributed by atoms with Crippen LogP contribution in [0.25, 0.3) is 0 Å². The van der Waals surface area contributed by atoms with E-state index in [4.69, 9.17) is 4.74 Å². The summed E-state index contributed by atoms with van der Waals surface area (Å²) in [4.78, 5) is 11.9. The third-order valence-corrected chi connectivity index (χ3v) is 3.21. The van der Waals surface area contributed by atoms with E-state index in [9.17, 15) is 9.90 Å². The molecular weight excluding hydrogens is 240 g/mol. The van der Waals surface area contributed by atoms with Crippen LogP contribution >= 0.6 is 0 Å². The molecule has 0 unspecified atom stereocenters. The lowest BCUT2D eigenvalue weighted by Crippen LogP contribution is -2.31. The van der Waals surface area contributed by atoms with Crippen molar-refractivity contribution in [3.8, 4) is 0 Å². The third-order valence-electron chi connectivity index (χ3n) is 3.21. The normalized spacial score (nSPS) is 13.9. The molecule has 19 heavy (non-hydrogen) atoms. The van der Waals surface area contributed by atoms with Crippen LogP contribution in [0.15, 0.2) is 24.3 Å². The summed E-state index contributed by atoms with van der Waals surface area (Å²) in [7, 11) is 0. The number of rotatable bonds is 7. The largest absolute Gasteiger partial charge is 0.466 e. The fourth-order valence-electron chi connectivity index (χ4n) is 2.10. The van der Waals surface area contributed by atoms with Crippen LogP contribution in [-0.4, -0.2) is 23.8 Å². The van der Waals surface area contributed by atoms with Crippen molar-refractivity contribution in [2.45, 2.75) is 46.1 Å². The molecule has 0 radical (unpaired) electrons. The van der Waals surface area contributed by atoms with Gasteiger partial charge >= 0.3 is 5.97 Å². The molecule has 0 aromatic heterocycles. The fraction of sp³-hybridized carbons (Fsp3) is 0.562. The minimum atomic E-state index is -0.634. The van der Waals surface area contributed by atoms with Crippen molar-refractivity contribution in [1.82, 2.24) is 0 Å². The fourth-order valence-corrected chi connectivity index (χ4v) is 2.10. The molecule has 1 aromatic carbocycles. The van der Waals surface area contributed by atoms with Gasteiger partial charge in [-0.2, -0.15) is 0 Å². The van der Waals surface area contributed by atoms with Crippen molar-refractivity contribution in [3.63, 3.8) is 0 Å². The van der Waals surface area contributed by atoms with Crippen molar-refractivity contribution in [2.24, 2.45) is 5.92 Å². The minimum Gasteiger partial charge on any atom is -0.466 e. The first-order chi connectivity index (χ1) is 9.08. The maximum absolute atomic E-state index is 11.9. The van der Waals surface area contributed by atoms with E-state index < -0.39 is 12.0 Å². The molecule has 0 aliphatic rings. The number of benzene rings is 1. The van der Waals surface area contributed by atoms with Crippen molar-refractivity contribution in [2.75, 3.05) is 6.61 Å². The van der Waals surface area contributed by atoms with Gasteiger partial charge in [0, 0.05) is 0 Å². The number of carbonyl (C=O) groups is 1. The summed E-state index contributed by atoms with van der Waals surface area (Å²) in [5.74, 6) is -0.772. The highest BCUT2D eigenvalue weighted by molar-refractivity contribution is 5.73. The van der Waals surface area contributed by atoms with Crippen molar-refractivity contribution in [3.05, 3.63) is 35.4 Å². The van der Waals surface area contributed by atoms with Crippen LogP contribution in [0.2, 0.25) is 0 Å². The van der Waals surface area contributed by atoms with Crippen LogP contribution in [-0.2, 0) is 16.0 Å². The Balaban J connectivity index is 2.78. The number of hydrogen-bond acceptors (Lipinski definition) is 3. The third kappa shape index (κ3) is 5.03. The molecule has 0 saturated heterocycles. The summed E-state index contributed by atoms with van der Waals surface area (Å²) in [5, 5.41) is 10.1. The Kier molecular flexibility index (Phi) is 6.57. The molecule has 2 atom stereocenters. The van der Waals surface area contributed by atoms with Gasteiger partial charge in [-0.05, 0) is 32.3 Å². The molecule has 0 amide bonds. The zero-order valence-corrected chi connectivity index (χ0v) is 12.1. The molecule has 106 valence electrons. The van der Waals surface area contributed by atoms with Crippen LogP contribution in [0.3, 0.4) is 0 Å². The Morgan fingerprint density at radius 1 is 1.26 bits per heavy atom. The zero-order valence-electron chi connectivity index (χ0n) is 12.1. The van der Waals surface area contributed by atoms with E-state index in [0.717, 1.165) is 12.0 Å². The summed E-state index contributed by atoms with van der Waals surface area (Å²) in [6.07, 6.45) is 1.37. The smallest absolute Gasteiger partial charge is 0.311 e. The van der Waals surface area contributed by atoms with E-state index in [2.05, 4.69) is 0 Å². The maximum atomic E-state index is 11.9. The number of aliphatic hydroxyl groups is 1. The topological polar surface area (TPSA) is 46.5 Å². The molecule has 0 bridgehead atoms. The maximum Gasteiger partial charge on any atom is 0.311 e. The highest BCUT2D eigenvalue weighted by Gasteiger charge is 2.27. The van der Waals surface area contributed by atoms with E-state index in [-0.39, 0.29) is 5.97 Å². The molecule has 0 saturated carbocycles. The van der Waals surface area contributed by atoms with Crippen LogP contribution in [0, 0.1) is 12.8 Å². The number of carbonyl (C=O) groups excluding carboxylic acids is 1. The molecule has 3 nitrogen and oxygen atoms in total. The van der Waals surface area contributed by atoms with E-state index in [1.165, 1.54) is 5.56 Å². The molecule has 0 aliphatic heterocycles. The first-order valence-corrected chi connectivity index (χ1v) is 6.98. The van der Waals surface area contributed by atoms with Crippen LogP contribution in [0.1, 0.15) is 37.8 Å². The summed E-state index contributed by atoms with van der Waals surface area (Å²) >= 11 is 0. The predicted molar refractivity (Wildman–Crippen MR) is 75.9 cm³/mol. The van der Waals surface area contributed by atoms with Gasteiger partial charge in [-0.25, -0.2) is 0 Å². The van der Waals surface area contributed by atoms with Crippen LogP contribution in [0.5, 0.6) is 0 Å². The quantitative estimate of drug-likeness (QED) is 0.770. The van der Waals surface area contributed by atoms with Crippen LogP contribution in [0.4, 0.5) is 0 Å². The minimum absolute atomic E-state index is 0.302. The number of aliphatic hydroxyl groups excluding tert-OH is 1. The van der Waals surface area contributed by atoms with E-state index in [1.54, 1.807) is 6.92 Å². The molecule has 0 aliphatic carbocycles. The standard InChI is InChI=1S/C16H24O3/c1-4-6-15(17)14(16(18)19-5-2)11-13-9-7-12(3)8-10-13/h7-10,14-15,17H,4-6,11H2,1-3H3/t14-,15-/m1/s1. The Morgan fingerprint density at radius 2 is 1.89 bits per heavy atom. The predicted octanol–water partition coefficient (Wildman–Crippen LogP) is 2.88. The summed E-state index contributed by atoms with van der Waals surface area (Å²) in [6, 6.07) is 8.04. The number of esters is 1. The first-order valence-electron chi connectivity index (χ1n) is 6.98. The van der Waals surface area contributed by atoms with Crippen LogP contribution < -0.4 is 0 Å². The Labute approximate surface area is 115 Å². The Hall–Kier alpha value is -1.35. The number of hydrogen-bond donors (Lipinski definition) is 1. The summed E-state index contributed by atoms with van der Waals surface area (Å²) in [5.41, 5.74) is 2.24. The van der Waals surface area contributed by atoms with Crippen molar-refractivity contribution >= 4 is 5.97 Å². The van der Waals surface area contributed by atoms with Gasteiger partial charge in [0.05, 0.1) is 18.6 Å². The monoisotopic (exact) mass is 264 g/mol. The van der Waals surface area contributed by atoms with Gasteiger partial charge in [0.15, 0.2) is 0 Å². The molecule has 0 heterocycles. The SMILES string of the molecule is CCC[C@@H](O)[C@@H](Cc1ccc(C)cc1)C(=O)OCC. The van der Waals surface area contributed by atoms with Gasteiger partial charge in [-0.15, -0.1) is 0 Å². The van der Waals surface area contributed by atoms with Crippen molar-refractivity contribution < 1.29 is 14.6 Å². The highest BCUT2D eigenvalue weighted by Crippen LogP contribution is 2.18. The molecule has 1 aromatic rings. The van der Waals surface area contributed by atoms with Gasteiger partial charge in [0.1, 0.15) is 0 Å². The molecule has 3 heteroatoms. The zero-order chi connectivity index (χ0) is 14.3. The summed E-state index contributed by atoms with van der Waals surface area (Å²) in [6.45, 7) is 6.16. The number of ether oxygens (including phenoxy) is 1. The number of aryl methyl sites for hydroxylation is 1. The first kappa shape index (κ1) is 15.7. The van der Waals surface area contributed by atoms with Gasteiger partial charge < -0.3 is 9.84 Å². The lowest BCUT2D eigenvalue weighted by molar-refractivity contribution is -0.152. The van der Waals surface area contributed by atoms with E-state index >= 15 is 0 Å². The van der Waals surface area contributed by atoms with Gasteiger partial charge in [-0.1, -0.05) is 43.2 Å². The van der Waals surface area contributed by atoms with Gasteiger partial charge in [0.2, 0.25) is 0 Å². The average molecular weight is 264 g/mol. The Bertz CT molecular complexity index is 383. The molecule has 0 fully saturated rings.